The number of hydrogen-bond donors (Lipinski definition) is 1. The van der Waals surface area contributed by atoms with Crippen molar-refractivity contribution in [1.29, 1.82) is 0 Å². The van der Waals surface area contributed by atoms with Crippen molar-refractivity contribution in [3.8, 4) is 0 Å². The maximum Gasteiger partial charge on any atom is 0.0410 e. The number of nitrogens with two attached hydrogens (primary N) is 1. The summed E-state index contributed by atoms with van der Waals surface area (Å²) < 4.78 is 1.15. The first-order chi connectivity index (χ1) is 8.63. The summed E-state index contributed by atoms with van der Waals surface area (Å²) in [6.07, 6.45) is 2.52. The molecular weight excluding hydrogens is 312 g/mol. The summed E-state index contributed by atoms with van der Waals surface area (Å²) in [6, 6.07) is 6.42. The topological polar surface area (TPSA) is 29.3 Å². The molecular formula is C14H18BrClN2. The molecule has 98 valence electrons. The normalized spacial score (nSPS) is 31.8. The maximum atomic E-state index is 6.17. The van der Waals surface area contributed by atoms with Crippen LogP contribution in [0.2, 0.25) is 5.02 Å². The zero-order valence-corrected chi connectivity index (χ0v) is 12.6. The first-order valence-corrected chi connectivity index (χ1v) is 7.72. The van der Waals surface area contributed by atoms with Crippen LogP contribution in [0.1, 0.15) is 18.4 Å². The lowest BCUT2D eigenvalue weighted by Gasteiger charge is -2.19. The van der Waals surface area contributed by atoms with Crippen LogP contribution in [0.25, 0.3) is 0 Å². The Balaban J connectivity index is 1.69. The van der Waals surface area contributed by atoms with E-state index in [0.717, 1.165) is 28.5 Å². The zero-order valence-electron chi connectivity index (χ0n) is 10.3. The smallest absolute Gasteiger partial charge is 0.0410 e. The molecule has 0 aromatic heterocycles. The first kappa shape index (κ1) is 12.9. The highest BCUT2D eigenvalue weighted by molar-refractivity contribution is 9.10. The summed E-state index contributed by atoms with van der Waals surface area (Å²) in [5.41, 5.74) is 7.45. The zero-order chi connectivity index (χ0) is 12.7. The first-order valence-electron chi connectivity index (χ1n) is 6.55. The third-order valence-corrected chi connectivity index (χ3v) is 5.40. The van der Waals surface area contributed by atoms with Crippen molar-refractivity contribution >= 4 is 27.5 Å². The Morgan fingerprint density at radius 3 is 2.94 bits per heavy atom. The lowest BCUT2D eigenvalue weighted by atomic mass is 9.98. The van der Waals surface area contributed by atoms with Gasteiger partial charge in [-0.3, -0.25) is 4.90 Å². The molecule has 1 aromatic carbocycles. The molecule has 2 N–H and O–H groups in total. The summed E-state index contributed by atoms with van der Waals surface area (Å²) in [6.45, 7) is 3.31. The Morgan fingerprint density at radius 2 is 2.17 bits per heavy atom. The third kappa shape index (κ3) is 2.46. The largest absolute Gasteiger partial charge is 0.327 e. The average molecular weight is 330 g/mol. The molecule has 1 heterocycles. The third-order valence-electron chi connectivity index (χ3n) is 4.39. The van der Waals surface area contributed by atoms with Gasteiger partial charge in [-0.15, -0.1) is 0 Å². The van der Waals surface area contributed by atoms with Gasteiger partial charge in [0.25, 0.3) is 0 Å². The van der Waals surface area contributed by atoms with Crippen LogP contribution >= 0.6 is 27.5 Å². The van der Waals surface area contributed by atoms with Gasteiger partial charge in [0, 0.05) is 35.2 Å². The van der Waals surface area contributed by atoms with Gasteiger partial charge in [-0.2, -0.15) is 0 Å². The highest BCUT2D eigenvalue weighted by Crippen LogP contribution is 2.38. The van der Waals surface area contributed by atoms with E-state index in [1.807, 2.05) is 12.1 Å². The molecule has 3 rings (SSSR count). The molecule has 2 aliphatic rings. The van der Waals surface area contributed by atoms with E-state index >= 15 is 0 Å². The Morgan fingerprint density at radius 1 is 1.33 bits per heavy atom. The molecule has 1 saturated heterocycles. The second-order valence-electron chi connectivity index (χ2n) is 5.59. The van der Waals surface area contributed by atoms with Gasteiger partial charge in [0.1, 0.15) is 0 Å². The van der Waals surface area contributed by atoms with Crippen LogP contribution in [0.4, 0.5) is 0 Å². The minimum Gasteiger partial charge on any atom is -0.327 e. The molecule has 3 atom stereocenters. The van der Waals surface area contributed by atoms with E-state index in [-0.39, 0.29) is 0 Å². The lowest BCUT2D eigenvalue weighted by Crippen LogP contribution is -2.30. The molecule has 3 unspecified atom stereocenters. The van der Waals surface area contributed by atoms with E-state index in [1.165, 1.54) is 24.9 Å². The number of fused-ring (bicyclic) bond motifs is 1. The van der Waals surface area contributed by atoms with Gasteiger partial charge in [-0.05, 0) is 48.4 Å². The second kappa shape index (κ2) is 5.12. The van der Waals surface area contributed by atoms with Gasteiger partial charge in [-0.1, -0.05) is 27.5 Å². The van der Waals surface area contributed by atoms with Gasteiger partial charge in [0.15, 0.2) is 0 Å². The highest BCUT2D eigenvalue weighted by atomic mass is 79.9. The molecule has 0 bridgehead atoms. The predicted octanol–water partition coefficient (Wildman–Crippen LogP) is 3.27. The summed E-state index contributed by atoms with van der Waals surface area (Å²) in [5.74, 6) is 1.53. The van der Waals surface area contributed by atoms with Crippen molar-refractivity contribution in [1.82, 2.24) is 4.90 Å². The minimum absolute atomic E-state index is 0.419. The van der Waals surface area contributed by atoms with Crippen LogP contribution in [0, 0.1) is 11.8 Å². The number of likely N-dealkylation sites (tertiary alicyclic amines) is 1. The monoisotopic (exact) mass is 328 g/mol. The second-order valence-corrected chi connectivity index (χ2v) is 6.89. The van der Waals surface area contributed by atoms with Crippen LogP contribution in [0.15, 0.2) is 22.7 Å². The van der Waals surface area contributed by atoms with E-state index in [0.29, 0.717) is 12.0 Å². The quantitative estimate of drug-likeness (QED) is 0.902. The number of rotatable bonds is 2. The van der Waals surface area contributed by atoms with E-state index < -0.39 is 0 Å². The molecule has 1 aliphatic heterocycles. The van der Waals surface area contributed by atoms with Gasteiger partial charge in [0.2, 0.25) is 0 Å². The van der Waals surface area contributed by atoms with Gasteiger partial charge < -0.3 is 5.73 Å². The fraction of sp³-hybridized carbons (Fsp3) is 0.571. The average Bonchev–Trinajstić information content (AvgIpc) is 2.87. The fourth-order valence-corrected chi connectivity index (χ4v) is 4.00. The van der Waals surface area contributed by atoms with E-state index in [4.69, 9.17) is 17.3 Å². The van der Waals surface area contributed by atoms with Gasteiger partial charge >= 0.3 is 0 Å². The number of hydrogen-bond acceptors (Lipinski definition) is 2. The molecule has 0 spiro atoms. The van der Waals surface area contributed by atoms with Crippen molar-refractivity contribution < 1.29 is 0 Å². The maximum absolute atomic E-state index is 6.17. The van der Waals surface area contributed by atoms with Crippen molar-refractivity contribution in [2.45, 2.75) is 25.4 Å². The van der Waals surface area contributed by atoms with Crippen molar-refractivity contribution in [3.05, 3.63) is 33.3 Å². The predicted molar refractivity (Wildman–Crippen MR) is 78.6 cm³/mol. The van der Waals surface area contributed by atoms with Crippen molar-refractivity contribution in [2.24, 2.45) is 17.6 Å². The van der Waals surface area contributed by atoms with Crippen LogP contribution < -0.4 is 5.73 Å². The summed E-state index contributed by atoms with van der Waals surface area (Å²) in [4.78, 5) is 2.52. The fourth-order valence-electron chi connectivity index (χ4n) is 3.43. The summed E-state index contributed by atoms with van der Waals surface area (Å²) in [7, 11) is 0. The molecule has 2 fully saturated rings. The van der Waals surface area contributed by atoms with Crippen LogP contribution in [-0.2, 0) is 6.54 Å². The Bertz CT molecular complexity index is 451. The standard InChI is InChI=1S/C14H18BrClN2/c15-13-3-2-11(16)5-10(13)7-18-6-9-1-4-14(17)12(9)8-18/h2-3,5,9,12,14H,1,4,6-8,17H2. The van der Waals surface area contributed by atoms with Crippen LogP contribution in [0.3, 0.4) is 0 Å². The Labute approximate surface area is 122 Å². The summed E-state index contributed by atoms with van der Waals surface area (Å²) >= 11 is 9.66. The number of benzene rings is 1. The van der Waals surface area contributed by atoms with Crippen LogP contribution in [-0.4, -0.2) is 24.0 Å². The number of nitrogens with zero attached hydrogens (tertiary/aromatic N) is 1. The van der Waals surface area contributed by atoms with E-state index in [9.17, 15) is 0 Å². The number of halogens is 2. The molecule has 1 aliphatic carbocycles. The van der Waals surface area contributed by atoms with Crippen LogP contribution in [0.5, 0.6) is 0 Å². The molecule has 18 heavy (non-hydrogen) atoms. The van der Waals surface area contributed by atoms with E-state index in [1.54, 1.807) is 0 Å². The SMILES string of the molecule is NC1CCC2CN(Cc3cc(Cl)ccc3Br)CC12. The minimum atomic E-state index is 0.419. The van der Waals surface area contributed by atoms with Gasteiger partial charge in [0.05, 0.1) is 0 Å². The molecule has 2 nitrogen and oxygen atoms in total. The Hall–Kier alpha value is -0.0900. The van der Waals surface area contributed by atoms with Gasteiger partial charge in [-0.25, -0.2) is 0 Å². The molecule has 1 saturated carbocycles. The van der Waals surface area contributed by atoms with Crippen molar-refractivity contribution in [3.63, 3.8) is 0 Å². The Kier molecular flexibility index (Phi) is 3.68. The molecule has 0 radical (unpaired) electrons. The van der Waals surface area contributed by atoms with Crippen molar-refractivity contribution in [2.75, 3.05) is 13.1 Å². The molecule has 4 heteroatoms. The molecule has 1 aromatic rings. The summed E-state index contributed by atoms with van der Waals surface area (Å²) in [5, 5.41) is 0.810. The van der Waals surface area contributed by atoms with E-state index in [2.05, 4.69) is 26.9 Å². The lowest BCUT2D eigenvalue weighted by molar-refractivity contribution is 0.297. The molecule has 0 amide bonds. The highest BCUT2D eigenvalue weighted by Gasteiger charge is 2.40.